The molecule has 0 radical (unpaired) electrons. The zero-order valence-corrected chi connectivity index (χ0v) is 14.3. The number of aromatic nitrogens is 2. The number of amides is 1. The molecule has 0 aliphatic rings. The number of nitrogens with one attached hydrogen (secondary N) is 3. The van der Waals surface area contributed by atoms with E-state index >= 15 is 0 Å². The van der Waals surface area contributed by atoms with Crippen LogP contribution in [-0.4, -0.2) is 35.2 Å². The van der Waals surface area contributed by atoms with Gasteiger partial charge in [-0.1, -0.05) is 12.1 Å². The lowest BCUT2D eigenvalue weighted by atomic mass is 10.1. The first-order chi connectivity index (χ1) is 11.6. The Morgan fingerprint density at radius 2 is 1.96 bits per heavy atom. The Morgan fingerprint density at radius 3 is 2.54 bits per heavy atom. The molecule has 128 valence electrons. The van der Waals surface area contributed by atoms with E-state index in [2.05, 4.69) is 26.0 Å². The molecule has 0 fully saturated rings. The molecule has 0 bridgehead atoms. The summed E-state index contributed by atoms with van der Waals surface area (Å²) in [5.74, 6) is 0.658. The van der Waals surface area contributed by atoms with Crippen LogP contribution in [0.25, 0.3) is 0 Å². The smallest absolute Gasteiger partial charge is 0.251 e. The second-order valence-electron chi connectivity index (χ2n) is 5.27. The van der Waals surface area contributed by atoms with Crippen molar-refractivity contribution in [2.75, 3.05) is 13.6 Å². The molecule has 1 aromatic heterocycles. The van der Waals surface area contributed by atoms with E-state index < -0.39 is 0 Å². The van der Waals surface area contributed by atoms with Crippen molar-refractivity contribution in [2.45, 2.75) is 20.0 Å². The molecule has 3 N–H and O–H groups in total. The lowest BCUT2D eigenvalue weighted by Gasteiger charge is -2.11. The summed E-state index contributed by atoms with van der Waals surface area (Å²) in [6.45, 7) is 4.00. The number of nitrogens with zero attached hydrogens (tertiary/aromatic N) is 3. The summed E-state index contributed by atoms with van der Waals surface area (Å²) in [5, 5.41) is 13.3. The third-order valence-corrected chi connectivity index (χ3v) is 3.57. The van der Waals surface area contributed by atoms with Gasteiger partial charge in [-0.2, -0.15) is 5.10 Å². The minimum Gasteiger partial charge on any atom is -0.357 e. The van der Waals surface area contributed by atoms with Gasteiger partial charge in [0.05, 0.1) is 18.8 Å². The highest BCUT2D eigenvalue weighted by Gasteiger charge is 2.03. The highest BCUT2D eigenvalue weighted by molar-refractivity contribution is 5.93. The van der Waals surface area contributed by atoms with Crippen LogP contribution in [0.1, 0.15) is 28.5 Å². The highest BCUT2D eigenvalue weighted by atomic mass is 16.1. The summed E-state index contributed by atoms with van der Waals surface area (Å²) in [7, 11) is 3.53. The van der Waals surface area contributed by atoms with Gasteiger partial charge in [-0.05, 0) is 30.7 Å². The highest BCUT2D eigenvalue weighted by Crippen LogP contribution is 2.06. The van der Waals surface area contributed by atoms with Gasteiger partial charge in [0, 0.05) is 32.4 Å². The van der Waals surface area contributed by atoms with Crippen molar-refractivity contribution in [1.29, 1.82) is 0 Å². The van der Waals surface area contributed by atoms with E-state index in [0.717, 1.165) is 23.8 Å². The van der Waals surface area contributed by atoms with Crippen LogP contribution in [0.5, 0.6) is 0 Å². The van der Waals surface area contributed by atoms with E-state index in [9.17, 15) is 4.79 Å². The third-order valence-electron chi connectivity index (χ3n) is 3.57. The van der Waals surface area contributed by atoms with Gasteiger partial charge in [0.15, 0.2) is 5.96 Å². The van der Waals surface area contributed by atoms with Gasteiger partial charge in [0.1, 0.15) is 0 Å². The average Bonchev–Trinajstić information content (AvgIpc) is 3.02. The summed E-state index contributed by atoms with van der Waals surface area (Å²) < 4.78 is 1.83. The summed E-state index contributed by atoms with van der Waals surface area (Å²) in [6.07, 6.45) is 1.77. The van der Waals surface area contributed by atoms with Crippen molar-refractivity contribution in [3.05, 3.63) is 53.3 Å². The number of hydrogen-bond donors (Lipinski definition) is 3. The second-order valence-corrected chi connectivity index (χ2v) is 5.27. The Labute approximate surface area is 142 Å². The molecule has 0 saturated heterocycles. The Balaban J connectivity index is 1.97. The fraction of sp³-hybridized carbons (Fsp3) is 0.353. The van der Waals surface area contributed by atoms with E-state index in [-0.39, 0.29) is 5.91 Å². The molecule has 0 spiro atoms. The first-order valence-corrected chi connectivity index (χ1v) is 7.94. The number of carbonyl (C=O) groups excluding carboxylic acids is 1. The van der Waals surface area contributed by atoms with Crippen LogP contribution in [0.4, 0.5) is 0 Å². The maximum Gasteiger partial charge on any atom is 0.251 e. The molecule has 0 aliphatic carbocycles. The first kappa shape index (κ1) is 17.5. The minimum absolute atomic E-state index is 0.0868. The van der Waals surface area contributed by atoms with E-state index in [1.807, 2.05) is 36.9 Å². The number of rotatable bonds is 6. The quantitative estimate of drug-likeness (QED) is 0.546. The number of aryl methyl sites for hydroxylation is 1. The van der Waals surface area contributed by atoms with Crippen molar-refractivity contribution in [3.8, 4) is 0 Å². The maximum absolute atomic E-state index is 11.5. The molecule has 2 rings (SSSR count). The van der Waals surface area contributed by atoms with Crippen LogP contribution in [0.3, 0.4) is 0 Å². The van der Waals surface area contributed by atoms with Gasteiger partial charge < -0.3 is 16.0 Å². The van der Waals surface area contributed by atoms with Crippen LogP contribution in [0, 0.1) is 0 Å². The minimum atomic E-state index is -0.0868. The molecular formula is C17H24N6O. The molecule has 1 heterocycles. The van der Waals surface area contributed by atoms with Crippen molar-refractivity contribution in [2.24, 2.45) is 12.0 Å². The number of carbonyl (C=O) groups is 1. The largest absolute Gasteiger partial charge is 0.357 e. The molecule has 0 aliphatic heterocycles. The molecule has 1 aromatic carbocycles. The lowest BCUT2D eigenvalue weighted by Crippen LogP contribution is -2.37. The molecule has 0 unspecified atom stereocenters. The van der Waals surface area contributed by atoms with E-state index in [1.165, 1.54) is 0 Å². The maximum atomic E-state index is 11.5. The molecule has 7 nitrogen and oxygen atoms in total. The number of guanidine groups is 1. The zero-order chi connectivity index (χ0) is 17.4. The van der Waals surface area contributed by atoms with Crippen molar-refractivity contribution in [1.82, 2.24) is 25.7 Å². The number of hydrogen-bond acceptors (Lipinski definition) is 3. The molecular weight excluding hydrogens is 304 g/mol. The average molecular weight is 328 g/mol. The standard InChI is InChI=1S/C17H24N6O/c1-4-19-17(21-12-15-9-10-22-23(15)3)20-11-13-5-7-14(8-6-13)16(24)18-2/h5-10H,4,11-12H2,1-3H3,(H,18,24)(H2,19,20,21). The van der Waals surface area contributed by atoms with Crippen molar-refractivity contribution < 1.29 is 4.79 Å². The van der Waals surface area contributed by atoms with Gasteiger partial charge >= 0.3 is 0 Å². The Morgan fingerprint density at radius 1 is 1.21 bits per heavy atom. The van der Waals surface area contributed by atoms with Crippen LogP contribution < -0.4 is 16.0 Å². The number of benzene rings is 1. The lowest BCUT2D eigenvalue weighted by molar-refractivity contribution is 0.0963. The SMILES string of the molecule is CCNC(=NCc1ccc(C(=O)NC)cc1)NCc1ccnn1C. The van der Waals surface area contributed by atoms with Crippen molar-refractivity contribution in [3.63, 3.8) is 0 Å². The van der Waals surface area contributed by atoms with Crippen LogP contribution in [0.15, 0.2) is 41.5 Å². The van der Waals surface area contributed by atoms with Crippen LogP contribution in [-0.2, 0) is 20.1 Å². The first-order valence-electron chi connectivity index (χ1n) is 7.94. The molecule has 24 heavy (non-hydrogen) atoms. The summed E-state index contributed by atoms with van der Waals surface area (Å²) in [5.41, 5.74) is 2.77. The Bertz CT molecular complexity index is 689. The third kappa shape index (κ3) is 4.84. The van der Waals surface area contributed by atoms with Gasteiger partial charge in [0.2, 0.25) is 0 Å². The number of aliphatic imine (C=N–C) groups is 1. The molecule has 2 aromatic rings. The normalized spacial score (nSPS) is 11.2. The van der Waals surface area contributed by atoms with Crippen LogP contribution >= 0.6 is 0 Å². The van der Waals surface area contributed by atoms with Gasteiger partial charge in [-0.3, -0.25) is 9.48 Å². The predicted octanol–water partition coefficient (Wildman–Crippen LogP) is 1.03. The fourth-order valence-electron chi connectivity index (χ4n) is 2.17. The molecule has 1 amide bonds. The van der Waals surface area contributed by atoms with E-state index in [0.29, 0.717) is 18.7 Å². The molecule has 7 heteroatoms. The van der Waals surface area contributed by atoms with Gasteiger partial charge in [-0.25, -0.2) is 4.99 Å². The van der Waals surface area contributed by atoms with Gasteiger partial charge in [-0.15, -0.1) is 0 Å². The predicted molar refractivity (Wildman–Crippen MR) is 94.7 cm³/mol. The topological polar surface area (TPSA) is 83.3 Å². The monoisotopic (exact) mass is 328 g/mol. The summed E-state index contributed by atoms with van der Waals surface area (Å²) in [4.78, 5) is 16.1. The Hall–Kier alpha value is -2.83. The van der Waals surface area contributed by atoms with Gasteiger partial charge in [0.25, 0.3) is 5.91 Å². The molecule has 0 saturated carbocycles. The van der Waals surface area contributed by atoms with Crippen LogP contribution in [0.2, 0.25) is 0 Å². The summed E-state index contributed by atoms with van der Waals surface area (Å²) in [6, 6.07) is 9.41. The van der Waals surface area contributed by atoms with E-state index in [4.69, 9.17) is 0 Å². The fourth-order valence-corrected chi connectivity index (χ4v) is 2.17. The Kier molecular flexibility index (Phi) is 6.36. The second kappa shape index (κ2) is 8.71. The summed E-state index contributed by atoms with van der Waals surface area (Å²) >= 11 is 0. The van der Waals surface area contributed by atoms with E-state index in [1.54, 1.807) is 25.4 Å². The molecule has 0 atom stereocenters. The zero-order valence-electron chi connectivity index (χ0n) is 14.3. The van der Waals surface area contributed by atoms with Crippen molar-refractivity contribution >= 4 is 11.9 Å².